The summed E-state index contributed by atoms with van der Waals surface area (Å²) in [5.41, 5.74) is 4.50. The van der Waals surface area contributed by atoms with Crippen molar-refractivity contribution in [2.24, 2.45) is 0 Å². The Kier molecular flexibility index (Phi) is 7.83. The van der Waals surface area contributed by atoms with E-state index in [0.29, 0.717) is 23.1 Å². The first-order chi connectivity index (χ1) is 15.4. The van der Waals surface area contributed by atoms with Gasteiger partial charge in [0.25, 0.3) is 5.91 Å². The zero-order valence-electron chi connectivity index (χ0n) is 18.5. The van der Waals surface area contributed by atoms with E-state index in [1.54, 1.807) is 12.1 Å². The van der Waals surface area contributed by atoms with Gasteiger partial charge in [0.1, 0.15) is 0 Å². The fourth-order valence-electron chi connectivity index (χ4n) is 3.33. The zero-order chi connectivity index (χ0) is 23.1. The van der Waals surface area contributed by atoms with Crippen molar-refractivity contribution in [1.82, 2.24) is 20.1 Å². The van der Waals surface area contributed by atoms with Gasteiger partial charge in [-0.25, -0.2) is 0 Å². The van der Waals surface area contributed by atoms with Crippen LogP contribution in [-0.4, -0.2) is 32.3 Å². The second-order valence-corrected chi connectivity index (χ2v) is 8.45. The molecule has 3 aromatic rings. The lowest BCUT2D eigenvalue weighted by Gasteiger charge is -2.10. The van der Waals surface area contributed by atoms with Crippen LogP contribution < -0.4 is 10.6 Å². The first-order valence-electron chi connectivity index (χ1n) is 10.2. The molecule has 0 fully saturated rings. The van der Waals surface area contributed by atoms with Crippen LogP contribution in [0.3, 0.4) is 0 Å². The third-order valence-corrected chi connectivity index (χ3v) is 5.71. The largest absolute Gasteiger partial charge is 0.345 e. The quantitative estimate of drug-likeness (QED) is 0.380. The fourth-order valence-corrected chi connectivity index (χ4v) is 4.09. The van der Waals surface area contributed by atoms with Gasteiger partial charge in [0.2, 0.25) is 5.91 Å². The fraction of sp³-hybridized carbons (Fsp3) is 0.250. The van der Waals surface area contributed by atoms with Crippen LogP contribution in [-0.2, 0) is 17.9 Å². The maximum Gasteiger partial charge on any atom is 0.251 e. The van der Waals surface area contributed by atoms with Crippen molar-refractivity contribution < 1.29 is 9.59 Å². The summed E-state index contributed by atoms with van der Waals surface area (Å²) < 4.78 is 1.85. The smallest absolute Gasteiger partial charge is 0.251 e. The Balaban J connectivity index is 1.62. The minimum atomic E-state index is -0.168. The van der Waals surface area contributed by atoms with Crippen LogP contribution in [0, 0.1) is 20.8 Å². The number of anilines is 1. The number of amides is 2. The van der Waals surface area contributed by atoms with Crippen LogP contribution in [0.4, 0.5) is 5.69 Å². The van der Waals surface area contributed by atoms with Crippen molar-refractivity contribution in [2.75, 3.05) is 11.1 Å². The molecular formula is C24H27N5O2S. The highest BCUT2D eigenvalue weighted by Crippen LogP contribution is 2.19. The number of aryl methyl sites for hydroxylation is 3. The predicted octanol–water partition coefficient (Wildman–Crippen LogP) is 4.05. The summed E-state index contributed by atoms with van der Waals surface area (Å²) in [5, 5.41) is 14.8. The number of aromatic nitrogens is 3. The SMILES string of the molecule is C=CCn1c(CNC(=O)c2ccccc2C)nnc1SCC(=O)Nc1cc(C)cc(C)c1. The highest BCUT2D eigenvalue weighted by molar-refractivity contribution is 7.99. The van der Waals surface area contributed by atoms with Crippen molar-refractivity contribution in [3.63, 3.8) is 0 Å². The van der Waals surface area contributed by atoms with Crippen molar-refractivity contribution in [2.45, 2.75) is 39.0 Å². The number of hydrogen-bond acceptors (Lipinski definition) is 5. The molecule has 0 saturated heterocycles. The van der Waals surface area contributed by atoms with Gasteiger partial charge in [0.15, 0.2) is 11.0 Å². The van der Waals surface area contributed by atoms with Crippen LogP contribution in [0.2, 0.25) is 0 Å². The topological polar surface area (TPSA) is 88.9 Å². The van der Waals surface area contributed by atoms with Gasteiger partial charge in [-0.15, -0.1) is 16.8 Å². The molecule has 0 saturated carbocycles. The Labute approximate surface area is 192 Å². The van der Waals surface area contributed by atoms with Crippen LogP contribution >= 0.6 is 11.8 Å². The van der Waals surface area contributed by atoms with Gasteiger partial charge in [-0.2, -0.15) is 0 Å². The summed E-state index contributed by atoms with van der Waals surface area (Å²) in [4.78, 5) is 24.9. The van der Waals surface area contributed by atoms with Crippen LogP contribution in [0.15, 0.2) is 60.3 Å². The van der Waals surface area contributed by atoms with E-state index in [1.165, 1.54) is 11.8 Å². The molecule has 166 valence electrons. The number of carbonyl (C=O) groups excluding carboxylic acids is 2. The lowest BCUT2D eigenvalue weighted by atomic mass is 10.1. The number of allylic oxidation sites excluding steroid dienone is 1. The Bertz CT molecular complexity index is 1120. The van der Waals surface area contributed by atoms with Gasteiger partial charge in [0, 0.05) is 17.8 Å². The number of benzene rings is 2. The van der Waals surface area contributed by atoms with Crippen LogP contribution in [0.25, 0.3) is 0 Å². The van der Waals surface area contributed by atoms with Gasteiger partial charge in [-0.1, -0.05) is 42.1 Å². The molecule has 2 aromatic carbocycles. The Morgan fingerprint density at radius 3 is 2.50 bits per heavy atom. The number of thioether (sulfide) groups is 1. The summed E-state index contributed by atoms with van der Waals surface area (Å²) in [6, 6.07) is 13.3. The molecule has 8 heteroatoms. The molecule has 1 heterocycles. The molecule has 3 rings (SSSR count). The lowest BCUT2D eigenvalue weighted by molar-refractivity contribution is -0.113. The van der Waals surface area contributed by atoms with Crippen LogP contribution in [0.5, 0.6) is 0 Å². The molecule has 7 nitrogen and oxygen atoms in total. The summed E-state index contributed by atoms with van der Waals surface area (Å²) in [5.74, 6) is 0.502. The lowest BCUT2D eigenvalue weighted by Crippen LogP contribution is -2.25. The van der Waals surface area contributed by atoms with Gasteiger partial charge < -0.3 is 15.2 Å². The van der Waals surface area contributed by atoms with E-state index in [4.69, 9.17) is 0 Å². The van der Waals surface area contributed by atoms with Gasteiger partial charge in [0.05, 0.1) is 12.3 Å². The molecule has 0 unspecified atom stereocenters. The van der Waals surface area contributed by atoms with Gasteiger partial charge >= 0.3 is 0 Å². The molecule has 32 heavy (non-hydrogen) atoms. The van der Waals surface area contributed by atoms with E-state index in [2.05, 4.69) is 33.5 Å². The molecule has 0 aliphatic carbocycles. The standard InChI is InChI=1S/C24H27N5O2S/c1-5-10-29-21(14-25-23(31)20-9-7-6-8-18(20)4)27-28-24(29)32-15-22(30)26-19-12-16(2)11-17(3)13-19/h5-9,11-13H,1,10,14-15H2,2-4H3,(H,25,31)(H,26,30). The van der Waals surface area contributed by atoms with Crippen molar-refractivity contribution in [3.05, 3.63) is 83.2 Å². The molecule has 0 atom stereocenters. The van der Waals surface area contributed by atoms with Crippen LogP contribution in [0.1, 0.15) is 32.9 Å². The maximum absolute atomic E-state index is 12.5. The Hall–Kier alpha value is -3.39. The molecule has 0 spiro atoms. The van der Waals surface area contributed by atoms with E-state index in [-0.39, 0.29) is 24.1 Å². The Morgan fingerprint density at radius 1 is 1.09 bits per heavy atom. The highest BCUT2D eigenvalue weighted by atomic mass is 32.2. The van der Waals surface area contributed by atoms with Crippen molar-refractivity contribution in [1.29, 1.82) is 0 Å². The third kappa shape index (κ3) is 6.07. The van der Waals surface area contributed by atoms with E-state index in [0.717, 1.165) is 22.4 Å². The minimum absolute atomic E-state index is 0.123. The second-order valence-electron chi connectivity index (χ2n) is 7.51. The first-order valence-corrected chi connectivity index (χ1v) is 11.2. The summed E-state index contributed by atoms with van der Waals surface area (Å²) in [6.07, 6.45) is 1.73. The highest BCUT2D eigenvalue weighted by Gasteiger charge is 2.15. The van der Waals surface area contributed by atoms with Gasteiger partial charge in [-0.3, -0.25) is 9.59 Å². The predicted molar refractivity (Wildman–Crippen MR) is 128 cm³/mol. The molecule has 0 bridgehead atoms. The van der Waals surface area contributed by atoms with Gasteiger partial charge in [-0.05, 0) is 55.7 Å². The molecule has 0 aliphatic rings. The first kappa shape index (κ1) is 23.3. The second kappa shape index (κ2) is 10.8. The maximum atomic E-state index is 12.5. The molecular weight excluding hydrogens is 422 g/mol. The molecule has 2 N–H and O–H groups in total. The summed E-state index contributed by atoms with van der Waals surface area (Å²) in [6.45, 7) is 10.4. The van der Waals surface area contributed by atoms with Crippen molar-refractivity contribution in [3.8, 4) is 0 Å². The number of carbonyl (C=O) groups is 2. The molecule has 2 amide bonds. The number of rotatable bonds is 9. The minimum Gasteiger partial charge on any atom is -0.345 e. The van der Waals surface area contributed by atoms with E-state index in [1.807, 2.05) is 55.7 Å². The Morgan fingerprint density at radius 2 is 1.81 bits per heavy atom. The average molecular weight is 450 g/mol. The monoisotopic (exact) mass is 449 g/mol. The summed E-state index contributed by atoms with van der Waals surface area (Å²) in [7, 11) is 0. The average Bonchev–Trinajstić information content (AvgIpc) is 3.12. The molecule has 0 radical (unpaired) electrons. The normalized spacial score (nSPS) is 10.6. The molecule has 1 aromatic heterocycles. The third-order valence-electron chi connectivity index (χ3n) is 4.74. The number of nitrogens with zero attached hydrogens (tertiary/aromatic N) is 3. The van der Waals surface area contributed by atoms with E-state index >= 15 is 0 Å². The van der Waals surface area contributed by atoms with E-state index < -0.39 is 0 Å². The number of hydrogen-bond donors (Lipinski definition) is 2. The summed E-state index contributed by atoms with van der Waals surface area (Å²) >= 11 is 1.29. The van der Waals surface area contributed by atoms with Crippen molar-refractivity contribution >= 4 is 29.3 Å². The van der Waals surface area contributed by atoms with E-state index in [9.17, 15) is 9.59 Å². The number of nitrogens with one attached hydrogen (secondary N) is 2. The zero-order valence-corrected chi connectivity index (χ0v) is 19.3. The molecule has 0 aliphatic heterocycles.